The van der Waals surface area contributed by atoms with E-state index in [0.717, 1.165) is 5.57 Å². The van der Waals surface area contributed by atoms with E-state index in [4.69, 9.17) is 5.73 Å². The van der Waals surface area contributed by atoms with Crippen LogP contribution >= 0.6 is 0 Å². The Kier molecular flexibility index (Phi) is 3.84. The molecule has 3 nitrogen and oxygen atoms in total. The number of rotatable bonds is 3. The van der Waals surface area contributed by atoms with Crippen LogP contribution in [-0.2, 0) is 0 Å². The first-order valence-corrected chi connectivity index (χ1v) is 5.93. The van der Waals surface area contributed by atoms with E-state index >= 15 is 0 Å². The lowest BCUT2D eigenvalue weighted by Crippen LogP contribution is -2.43. The van der Waals surface area contributed by atoms with Crippen LogP contribution in [0.1, 0.15) is 27.7 Å². The van der Waals surface area contributed by atoms with Crippen molar-refractivity contribution >= 4 is 0 Å². The van der Waals surface area contributed by atoms with E-state index in [2.05, 4.69) is 32.3 Å². The van der Waals surface area contributed by atoms with E-state index in [0.29, 0.717) is 12.2 Å². The van der Waals surface area contributed by atoms with Crippen LogP contribution in [0.5, 0.6) is 0 Å². The van der Waals surface area contributed by atoms with E-state index in [1.165, 1.54) is 11.1 Å². The molecule has 96 valence electrons. The fourth-order valence-corrected chi connectivity index (χ4v) is 2.57. The van der Waals surface area contributed by atoms with Gasteiger partial charge in [0.1, 0.15) is 5.72 Å². The molecule has 0 aromatic heterocycles. The van der Waals surface area contributed by atoms with Gasteiger partial charge in [0.2, 0.25) is 0 Å². The molecule has 0 aliphatic carbocycles. The Morgan fingerprint density at radius 2 is 1.88 bits per heavy atom. The molecule has 1 fully saturated rings. The van der Waals surface area contributed by atoms with Crippen molar-refractivity contribution in [3.8, 4) is 0 Å². The highest BCUT2D eigenvalue weighted by molar-refractivity contribution is 5.33. The average molecular weight is 236 g/mol. The molecule has 1 heterocycles. The molecular formula is C14H24N2O. The van der Waals surface area contributed by atoms with Crippen molar-refractivity contribution in [3.63, 3.8) is 0 Å². The van der Waals surface area contributed by atoms with Gasteiger partial charge in [-0.1, -0.05) is 24.3 Å². The van der Waals surface area contributed by atoms with Crippen molar-refractivity contribution in [2.75, 3.05) is 6.54 Å². The van der Waals surface area contributed by atoms with Crippen LogP contribution in [-0.4, -0.2) is 17.4 Å². The summed E-state index contributed by atoms with van der Waals surface area (Å²) in [4.78, 5) is 0. The van der Waals surface area contributed by atoms with Gasteiger partial charge in [-0.25, -0.2) is 0 Å². The summed E-state index contributed by atoms with van der Waals surface area (Å²) in [5, 5.41) is 13.4. The van der Waals surface area contributed by atoms with Gasteiger partial charge in [0, 0.05) is 24.1 Å². The molecular weight excluding hydrogens is 212 g/mol. The van der Waals surface area contributed by atoms with Gasteiger partial charge < -0.3 is 10.8 Å². The smallest absolute Gasteiger partial charge is 0.122 e. The summed E-state index contributed by atoms with van der Waals surface area (Å²) in [6.07, 6.45) is 0. The maximum Gasteiger partial charge on any atom is 0.122 e. The third-order valence-corrected chi connectivity index (χ3v) is 3.88. The van der Waals surface area contributed by atoms with Crippen molar-refractivity contribution in [2.45, 2.75) is 33.4 Å². The number of nitrogens with one attached hydrogen (secondary N) is 1. The van der Waals surface area contributed by atoms with Crippen LogP contribution in [0.2, 0.25) is 0 Å². The van der Waals surface area contributed by atoms with Crippen molar-refractivity contribution in [1.82, 2.24) is 5.32 Å². The molecule has 1 rings (SSSR count). The molecule has 17 heavy (non-hydrogen) atoms. The monoisotopic (exact) mass is 236 g/mol. The Hall–Kier alpha value is -1.06. The Morgan fingerprint density at radius 1 is 1.35 bits per heavy atom. The Morgan fingerprint density at radius 3 is 2.29 bits per heavy atom. The predicted octanol–water partition coefficient (Wildman–Crippen LogP) is 1.92. The third kappa shape index (κ3) is 2.61. The van der Waals surface area contributed by atoms with E-state index in [-0.39, 0.29) is 11.8 Å². The summed E-state index contributed by atoms with van der Waals surface area (Å²) < 4.78 is 0. The number of nitrogens with two attached hydrogens (primary N) is 1. The van der Waals surface area contributed by atoms with Crippen LogP contribution in [0.4, 0.5) is 0 Å². The van der Waals surface area contributed by atoms with Crippen molar-refractivity contribution in [1.29, 1.82) is 0 Å². The maximum atomic E-state index is 10.3. The summed E-state index contributed by atoms with van der Waals surface area (Å²) in [7, 11) is 0. The second-order valence-corrected chi connectivity index (χ2v) is 5.28. The van der Waals surface area contributed by atoms with E-state index in [9.17, 15) is 5.11 Å². The van der Waals surface area contributed by atoms with Gasteiger partial charge in [-0.05, 0) is 33.3 Å². The third-order valence-electron chi connectivity index (χ3n) is 3.88. The molecule has 0 aromatic carbocycles. The molecule has 0 bridgehead atoms. The second-order valence-electron chi connectivity index (χ2n) is 5.28. The van der Waals surface area contributed by atoms with Crippen molar-refractivity contribution in [3.05, 3.63) is 35.6 Å². The standard InChI is InChI=1S/C14H24N2O/c1-8(2)9(3)10(4)12-7-16-14(6,17)13(12)11(5)15/h12-13,16-17H,1,5,7,15H2,2-4,6H3/b10-9+/t12-,13-,14?/m1/s1. The molecule has 1 aliphatic heterocycles. The minimum Gasteiger partial charge on any atom is -0.402 e. The Balaban J connectivity index is 3.12. The molecule has 3 heteroatoms. The highest BCUT2D eigenvalue weighted by atomic mass is 16.3. The minimum absolute atomic E-state index is 0.156. The SMILES string of the molecule is C=C(C)/C(C)=C(\C)[C@H]1CNC(C)(O)[C@@H]1C(=C)N. The van der Waals surface area contributed by atoms with Crippen LogP contribution in [0, 0.1) is 11.8 Å². The molecule has 1 aliphatic rings. The lowest BCUT2D eigenvalue weighted by molar-refractivity contribution is 0.00774. The zero-order valence-corrected chi connectivity index (χ0v) is 11.3. The lowest BCUT2D eigenvalue weighted by Gasteiger charge is -2.29. The predicted molar refractivity (Wildman–Crippen MR) is 72.1 cm³/mol. The van der Waals surface area contributed by atoms with E-state index in [1.807, 2.05) is 6.92 Å². The first-order chi connectivity index (χ1) is 7.68. The fraction of sp³-hybridized carbons (Fsp3) is 0.571. The second kappa shape index (κ2) is 4.67. The molecule has 0 aromatic rings. The normalized spacial score (nSPS) is 34.4. The molecule has 1 saturated heterocycles. The van der Waals surface area contributed by atoms with E-state index in [1.54, 1.807) is 6.92 Å². The summed E-state index contributed by atoms with van der Waals surface area (Å²) in [6, 6.07) is 0. The van der Waals surface area contributed by atoms with Gasteiger partial charge in [0.25, 0.3) is 0 Å². The van der Waals surface area contributed by atoms with Gasteiger partial charge in [-0.15, -0.1) is 0 Å². The zero-order valence-electron chi connectivity index (χ0n) is 11.3. The van der Waals surface area contributed by atoms with Gasteiger partial charge in [-0.3, -0.25) is 5.32 Å². The summed E-state index contributed by atoms with van der Waals surface area (Å²) >= 11 is 0. The molecule has 4 N–H and O–H groups in total. The van der Waals surface area contributed by atoms with Crippen molar-refractivity contribution in [2.24, 2.45) is 17.6 Å². The Labute approximate surface area is 104 Å². The quantitative estimate of drug-likeness (QED) is 0.656. The average Bonchev–Trinajstić information content (AvgIpc) is 2.51. The molecule has 0 radical (unpaired) electrons. The number of allylic oxidation sites excluding steroid dienone is 2. The minimum atomic E-state index is -0.979. The van der Waals surface area contributed by atoms with E-state index < -0.39 is 5.72 Å². The van der Waals surface area contributed by atoms with Crippen LogP contribution < -0.4 is 11.1 Å². The van der Waals surface area contributed by atoms with Gasteiger partial charge >= 0.3 is 0 Å². The largest absolute Gasteiger partial charge is 0.402 e. The van der Waals surface area contributed by atoms with Gasteiger partial charge in [0.05, 0.1) is 0 Å². The highest BCUT2D eigenvalue weighted by Crippen LogP contribution is 2.38. The first kappa shape index (κ1) is 14.0. The fourth-order valence-electron chi connectivity index (χ4n) is 2.57. The van der Waals surface area contributed by atoms with Crippen LogP contribution in [0.25, 0.3) is 0 Å². The summed E-state index contributed by atoms with van der Waals surface area (Å²) in [6.45, 7) is 16.3. The molecule has 3 atom stereocenters. The number of hydrogen-bond donors (Lipinski definition) is 3. The van der Waals surface area contributed by atoms with Crippen molar-refractivity contribution < 1.29 is 5.11 Å². The number of hydrogen-bond acceptors (Lipinski definition) is 3. The zero-order chi connectivity index (χ0) is 13.4. The van der Waals surface area contributed by atoms with Crippen LogP contribution in [0.3, 0.4) is 0 Å². The topological polar surface area (TPSA) is 58.3 Å². The maximum absolute atomic E-state index is 10.3. The molecule has 0 saturated carbocycles. The molecule has 0 amide bonds. The highest BCUT2D eigenvalue weighted by Gasteiger charge is 2.45. The number of aliphatic hydroxyl groups is 1. The molecule has 1 unspecified atom stereocenters. The first-order valence-electron chi connectivity index (χ1n) is 5.93. The van der Waals surface area contributed by atoms with Gasteiger partial charge in [0.15, 0.2) is 0 Å². The lowest BCUT2D eigenvalue weighted by atomic mass is 9.80. The van der Waals surface area contributed by atoms with Crippen LogP contribution in [0.15, 0.2) is 35.6 Å². The Bertz CT molecular complexity index is 380. The summed E-state index contributed by atoms with van der Waals surface area (Å²) in [5.74, 6) is 0.0241. The molecule has 0 spiro atoms. The summed E-state index contributed by atoms with van der Waals surface area (Å²) in [5.41, 5.74) is 8.84. The van der Waals surface area contributed by atoms with Gasteiger partial charge in [-0.2, -0.15) is 0 Å².